The van der Waals surface area contributed by atoms with Gasteiger partial charge in [-0.05, 0) is 37.0 Å². The van der Waals surface area contributed by atoms with E-state index in [-0.39, 0.29) is 6.04 Å². The van der Waals surface area contributed by atoms with Crippen molar-refractivity contribution in [1.29, 1.82) is 0 Å². The molecule has 0 spiro atoms. The molecular weight excluding hydrogens is 334 g/mol. The summed E-state index contributed by atoms with van der Waals surface area (Å²) in [6, 6.07) is 8.53. The van der Waals surface area contributed by atoms with Gasteiger partial charge in [-0.2, -0.15) is 0 Å². The second kappa shape index (κ2) is 5.84. The summed E-state index contributed by atoms with van der Waals surface area (Å²) in [5.74, 6) is 0. The summed E-state index contributed by atoms with van der Waals surface area (Å²) in [4.78, 5) is 8.34. The van der Waals surface area contributed by atoms with Gasteiger partial charge in [0, 0.05) is 29.0 Å². The third-order valence-electron chi connectivity index (χ3n) is 3.62. The highest BCUT2D eigenvalue weighted by atomic mass is 79.9. The number of nitrogens with zero attached hydrogens (tertiary/aromatic N) is 2. The fourth-order valence-electron chi connectivity index (χ4n) is 2.58. The van der Waals surface area contributed by atoms with Crippen molar-refractivity contribution < 1.29 is 0 Å². The highest BCUT2D eigenvalue weighted by Crippen LogP contribution is 2.35. The van der Waals surface area contributed by atoms with Crippen LogP contribution in [0.4, 0.5) is 5.13 Å². The molecule has 1 heterocycles. The highest BCUT2D eigenvalue weighted by Gasteiger charge is 2.22. The fourth-order valence-corrected chi connectivity index (χ4v) is 4.16. The summed E-state index contributed by atoms with van der Waals surface area (Å²) in [7, 11) is 2.09. The number of hydrogen-bond donors (Lipinski definition) is 1. The predicted molar refractivity (Wildman–Crippen MR) is 88.2 cm³/mol. The number of aryl methyl sites for hydroxylation is 1. The van der Waals surface area contributed by atoms with Crippen LogP contribution < -0.4 is 10.6 Å². The number of aromatic nitrogens is 1. The number of nitrogens with two attached hydrogens (primary N) is 1. The number of fused-ring (bicyclic) bond motifs is 1. The Morgan fingerprint density at radius 2 is 2.35 bits per heavy atom. The third kappa shape index (κ3) is 2.90. The average Bonchev–Trinajstić information content (AvgIpc) is 2.84. The van der Waals surface area contributed by atoms with Gasteiger partial charge in [0.05, 0.1) is 5.69 Å². The van der Waals surface area contributed by atoms with Crippen molar-refractivity contribution in [2.45, 2.75) is 31.8 Å². The minimum atomic E-state index is 0.128. The number of thiazole rings is 1. The molecule has 106 valence electrons. The van der Waals surface area contributed by atoms with Crippen LogP contribution in [0, 0.1) is 0 Å². The predicted octanol–water partition coefficient (Wildman–Crippen LogP) is 3.88. The van der Waals surface area contributed by atoms with Crippen LogP contribution in [0.25, 0.3) is 0 Å². The van der Waals surface area contributed by atoms with E-state index in [1.165, 1.54) is 16.9 Å². The normalized spacial score (nSPS) is 17.9. The zero-order chi connectivity index (χ0) is 14.1. The van der Waals surface area contributed by atoms with Gasteiger partial charge < -0.3 is 10.6 Å². The molecule has 5 heteroatoms. The molecule has 0 fully saturated rings. The zero-order valence-electron chi connectivity index (χ0n) is 11.5. The van der Waals surface area contributed by atoms with E-state index >= 15 is 0 Å². The van der Waals surface area contributed by atoms with Gasteiger partial charge in [-0.25, -0.2) is 4.98 Å². The van der Waals surface area contributed by atoms with Crippen LogP contribution >= 0.6 is 27.3 Å². The van der Waals surface area contributed by atoms with Gasteiger partial charge in [0.25, 0.3) is 0 Å². The van der Waals surface area contributed by atoms with E-state index in [1.807, 2.05) is 6.07 Å². The maximum absolute atomic E-state index is 6.15. The zero-order valence-corrected chi connectivity index (χ0v) is 13.9. The van der Waals surface area contributed by atoms with E-state index in [4.69, 9.17) is 10.7 Å². The quantitative estimate of drug-likeness (QED) is 0.912. The molecule has 1 aromatic carbocycles. The first kappa shape index (κ1) is 14.0. The van der Waals surface area contributed by atoms with Crippen LogP contribution in [-0.4, -0.2) is 12.0 Å². The number of anilines is 1. The van der Waals surface area contributed by atoms with Gasteiger partial charge >= 0.3 is 0 Å². The molecule has 0 bridgehead atoms. The molecule has 0 amide bonds. The van der Waals surface area contributed by atoms with Crippen LogP contribution in [0.2, 0.25) is 0 Å². The minimum absolute atomic E-state index is 0.128. The molecule has 0 radical (unpaired) electrons. The van der Waals surface area contributed by atoms with E-state index in [1.54, 1.807) is 11.3 Å². The summed E-state index contributed by atoms with van der Waals surface area (Å²) < 4.78 is 1.11. The first-order chi connectivity index (χ1) is 9.63. The van der Waals surface area contributed by atoms with Crippen molar-refractivity contribution in [3.63, 3.8) is 0 Å². The smallest absolute Gasteiger partial charge is 0.185 e. The van der Waals surface area contributed by atoms with Crippen molar-refractivity contribution in [3.8, 4) is 0 Å². The molecule has 0 aliphatic heterocycles. The Kier molecular flexibility index (Phi) is 4.10. The lowest BCUT2D eigenvalue weighted by molar-refractivity contribution is 0.563. The van der Waals surface area contributed by atoms with Crippen LogP contribution in [0.3, 0.4) is 0 Å². The molecule has 3 rings (SSSR count). The van der Waals surface area contributed by atoms with E-state index in [9.17, 15) is 0 Å². The van der Waals surface area contributed by atoms with E-state index in [0.29, 0.717) is 0 Å². The van der Waals surface area contributed by atoms with Gasteiger partial charge in [0.15, 0.2) is 5.13 Å². The van der Waals surface area contributed by atoms with Crippen LogP contribution in [0.1, 0.15) is 35.0 Å². The molecule has 3 nitrogen and oxygen atoms in total. The van der Waals surface area contributed by atoms with Crippen LogP contribution in [0.5, 0.6) is 0 Å². The summed E-state index contributed by atoms with van der Waals surface area (Å²) in [6.07, 6.45) is 3.38. The van der Waals surface area contributed by atoms with Crippen molar-refractivity contribution in [3.05, 3.63) is 44.9 Å². The maximum atomic E-state index is 6.15. The van der Waals surface area contributed by atoms with Crippen molar-refractivity contribution in [2.24, 2.45) is 5.73 Å². The molecule has 0 saturated carbocycles. The lowest BCUT2D eigenvalue weighted by Crippen LogP contribution is -2.18. The Labute approximate surface area is 131 Å². The van der Waals surface area contributed by atoms with Gasteiger partial charge in [0.2, 0.25) is 0 Å². The Balaban J connectivity index is 1.79. The first-order valence-electron chi connectivity index (χ1n) is 6.84. The minimum Gasteiger partial charge on any atom is -0.347 e. The number of hydrogen-bond acceptors (Lipinski definition) is 4. The molecular formula is C15H18BrN3S. The second-order valence-electron chi connectivity index (χ2n) is 5.29. The van der Waals surface area contributed by atoms with Gasteiger partial charge in [-0.15, -0.1) is 11.3 Å². The summed E-state index contributed by atoms with van der Waals surface area (Å²) >= 11 is 5.31. The van der Waals surface area contributed by atoms with Gasteiger partial charge in [0.1, 0.15) is 0 Å². The fraction of sp³-hybridized carbons (Fsp3) is 0.400. The average molecular weight is 352 g/mol. The van der Waals surface area contributed by atoms with Crippen molar-refractivity contribution in [1.82, 2.24) is 4.98 Å². The van der Waals surface area contributed by atoms with E-state index < -0.39 is 0 Å². The van der Waals surface area contributed by atoms with Crippen molar-refractivity contribution in [2.75, 3.05) is 11.9 Å². The molecule has 2 N–H and O–H groups in total. The summed E-state index contributed by atoms with van der Waals surface area (Å²) in [5.41, 5.74) is 8.55. The number of rotatable bonds is 3. The Hall–Kier alpha value is -0.910. The van der Waals surface area contributed by atoms with Gasteiger partial charge in [-0.3, -0.25) is 0 Å². The van der Waals surface area contributed by atoms with E-state index in [2.05, 4.69) is 46.1 Å². The molecule has 1 atom stereocenters. The first-order valence-corrected chi connectivity index (χ1v) is 8.45. The topological polar surface area (TPSA) is 42.2 Å². The highest BCUT2D eigenvalue weighted by molar-refractivity contribution is 9.10. The second-order valence-corrected chi connectivity index (χ2v) is 7.27. The lowest BCUT2D eigenvalue weighted by atomic mass is 9.99. The molecule has 1 aliphatic carbocycles. The van der Waals surface area contributed by atoms with Crippen molar-refractivity contribution >= 4 is 32.4 Å². The summed E-state index contributed by atoms with van der Waals surface area (Å²) in [5, 5.41) is 1.08. The Morgan fingerprint density at radius 3 is 3.10 bits per heavy atom. The summed E-state index contributed by atoms with van der Waals surface area (Å²) in [6.45, 7) is 0.862. The Morgan fingerprint density at radius 1 is 1.50 bits per heavy atom. The van der Waals surface area contributed by atoms with Crippen LogP contribution in [0.15, 0.2) is 28.7 Å². The monoisotopic (exact) mass is 351 g/mol. The molecule has 2 aromatic rings. The van der Waals surface area contributed by atoms with E-state index in [0.717, 1.165) is 34.7 Å². The SMILES string of the molecule is CN(Cc1cccc(Br)c1)c1nc2c(s1)CCCC2N. The Bertz CT molecular complexity index is 611. The van der Waals surface area contributed by atoms with Crippen LogP contribution in [-0.2, 0) is 13.0 Å². The molecule has 0 saturated heterocycles. The third-order valence-corrected chi connectivity index (χ3v) is 5.36. The number of benzene rings is 1. The van der Waals surface area contributed by atoms with Gasteiger partial charge in [-0.1, -0.05) is 28.1 Å². The number of halogens is 1. The standard InChI is InChI=1S/C15H18BrN3S/c1-19(9-10-4-2-5-11(16)8-10)15-18-14-12(17)6-3-7-13(14)20-15/h2,4-5,8,12H,3,6-7,9,17H2,1H3. The molecule has 20 heavy (non-hydrogen) atoms. The maximum Gasteiger partial charge on any atom is 0.185 e. The largest absolute Gasteiger partial charge is 0.347 e. The molecule has 1 aliphatic rings. The molecule has 1 aromatic heterocycles. The molecule has 1 unspecified atom stereocenters. The lowest BCUT2D eigenvalue weighted by Gasteiger charge is -2.16.